The maximum Gasteiger partial charge on any atom is 0.256 e. The Morgan fingerprint density at radius 1 is 1.04 bits per heavy atom. The van der Waals surface area contributed by atoms with E-state index >= 15 is 0 Å². The number of rotatable bonds is 5. The lowest BCUT2D eigenvalue weighted by Gasteiger charge is -2.09. The van der Waals surface area contributed by atoms with Crippen LogP contribution in [0, 0.1) is 0 Å². The molecule has 0 saturated heterocycles. The largest absolute Gasteiger partial charge is 0.497 e. The normalized spacial score (nSPS) is 10.2. The number of carbonyl (C=O) groups is 1. The van der Waals surface area contributed by atoms with Gasteiger partial charge in [0.05, 0.1) is 19.0 Å². The van der Waals surface area contributed by atoms with Crippen LogP contribution in [0.4, 0.5) is 17.2 Å². The highest BCUT2D eigenvalue weighted by molar-refractivity contribution is 6.30. The van der Waals surface area contributed by atoms with Crippen molar-refractivity contribution in [3.8, 4) is 5.75 Å². The monoisotopic (exact) mass is 353 g/mol. The first-order chi connectivity index (χ1) is 12.1. The molecule has 3 aromatic rings. The topological polar surface area (TPSA) is 63.2 Å². The summed E-state index contributed by atoms with van der Waals surface area (Å²) in [4.78, 5) is 16.5. The van der Waals surface area contributed by atoms with Gasteiger partial charge in [0.25, 0.3) is 5.91 Å². The average molecular weight is 354 g/mol. The summed E-state index contributed by atoms with van der Waals surface area (Å²) in [5.41, 5.74) is 2.16. The molecule has 1 heterocycles. The summed E-state index contributed by atoms with van der Waals surface area (Å²) in [5, 5.41) is 6.60. The highest BCUT2D eigenvalue weighted by Crippen LogP contribution is 2.20. The van der Waals surface area contributed by atoms with Crippen molar-refractivity contribution in [1.29, 1.82) is 0 Å². The lowest BCUT2D eigenvalue weighted by atomic mass is 10.2. The third-order valence-electron chi connectivity index (χ3n) is 3.45. The van der Waals surface area contributed by atoms with Crippen LogP contribution in [0.15, 0.2) is 66.9 Å². The number of carbonyl (C=O) groups excluding carboxylic acids is 1. The quantitative estimate of drug-likeness (QED) is 0.695. The van der Waals surface area contributed by atoms with E-state index in [0.717, 1.165) is 11.4 Å². The predicted molar refractivity (Wildman–Crippen MR) is 99.9 cm³/mol. The predicted octanol–water partition coefficient (Wildman–Crippen LogP) is 4.74. The number of halogens is 1. The van der Waals surface area contributed by atoms with Crippen LogP contribution in [-0.4, -0.2) is 18.0 Å². The van der Waals surface area contributed by atoms with Crippen LogP contribution in [-0.2, 0) is 0 Å². The Balaban J connectivity index is 1.66. The number of methoxy groups -OCH3 is 1. The number of ether oxygens (including phenoxy) is 1. The molecule has 0 radical (unpaired) electrons. The van der Waals surface area contributed by atoms with Crippen LogP contribution in [0.25, 0.3) is 0 Å². The molecule has 0 atom stereocenters. The summed E-state index contributed by atoms with van der Waals surface area (Å²) < 4.78 is 5.12. The molecule has 2 aromatic carbocycles. The van der Waals surface area contributed by atoms with Crippen LogP contribution in [0.2, 0.25) is 5.02 Å². The molecule has 0 aliphatic rings. The van der Waals surface area contributed by atoms with Crippen molar-refractivity contribution < 1.29 is 9.53 Å². The number of aromatic nitrogens is 1. The minimum absolute atomic E-state index is 0.248. The van der Waals surface area contributed by atoms with Crippen molar-refractivity contribution in [2.24, 2.45) is 0 Å². The Hall–Kier alpha value is -3.05. The van der Waals surface area contributed by atoms with E-state index in [1.807, 2.05) is 30.3 Å². The summed E-state index contributed by atoms with van der Waals surface area (Å²) in [5.74, 6) is 0.841. The zero-order valence-corrected chi connectivity index (χ0v) is 14.2. The number of nitrogens with zero attached hydrogens (tertiary/aromatic N) is 1. The Kier molecular flexibility index (Phi) is 5.16. The van der Waals surface area contributed by atoms with Gasteiger partial charge in [0.2, 0.25) is 0 Å². The lowest BCUT2D eigenvalue weighted by molar-refractivity contribution is 0.102. The Labute approximate surface area is 150 Å². The molecule has 0 spiro atoms. The molecule has 126 valence electrons. The molecule has 1 amide bonds. The molecule has 6 heteroatoms. The number of nitrogens with one attached hydrogen (secondary N) is 2. The van der Waals surface area contributed by atoms with Crippen LogP contribution < -0.4 is 15.4 Å². The molecule has 0 fully saturated rings. The summed E-state index contributed by atoms with van der Waals surface area (Å²) in [6.07, 6.45) is 1.64. The molecule has 3 rings (SSSR count). The average Bonchev–Trinajstić information content (AvgIpc) is 2.63. The molecule has 0 bridgehead atoms. The maximum atomic E-state index is 12.3. The van der Waals surface area contributed by atoms with Gasteiger partial charge in [0.15, 0.2) is 0 Å². The molecule has 0 aliphatic heterocycles. The van der Waals surface area contributed by atoms with Gasteiger partial charge in [-0.15, -0.1) is 0 Å². The Bertz CT molecular complexity index is 882. The second kappa shape index (κ2) is 7.68. The van der Waals surface area contributed by atoms with Crippen molar-refractivity contribution in [3.63, 3.8) is 0 Å². The molecule has 1 aromatic heterocycles. The first-order valence-electron chi connectivity index (χ1n) is 7.58. The van der Waals surface area contributed by atoms with Gasteiger partial charge in [0, 0.05) is 16.3 Å². The highest BCUT2D eigenvalue weighted by Gasteiger charge is 2.08. The molecular weight excluding hydrogens is 338 g/mol. The molecule has 2 N–H and O–H groups in total. The molecule has 0 unspecified atom stereocenters. The Morgan fingerprint density at radius 3 is 2.60 bits per heavy atom. The lowest BCUT2D eigenvalue weighted by Crippen LogP contribution is -2.12. The van der Waals surface area contributed by atoms with E-state index in [2.05, 4.69) is 15.6 Å². The minimum atomic E-state index is -0.248. The van der Waals surface area contributed by atoms with Gasteiger partial charge in [-0.1, -0.05) is 23.7 Å². The van der Waals surface area contributed by atoms with Gasteiger partial charge < -0.3 is 15.4 Å². The van der Waals surface area contributed by atoms with Gasteiger partial charge in [-0.25, -0.2) is 4.98 Å². The van der Waals surface area contributed by atoms with Gasteiger partial charge in [0.1, 0.15) is 11.6 Å². The maximum absolute atomic E-state index is 12.3. The van der Waals surface area contributed by atoms with E-state index in [4.69, 9.17) is 16.3 Å². The zero-order valence-electron chi connectivity index (χ0n) is 13.5. The number of hydrogen-bond acceptors (Lipinski definition) is 4. The van der Waals surface area contributed by atoms with Crippen LogP contribution in [0.5, 0.6) is 5.75 Å². The first kappa shape index (κ1) is 16.8. The number of benzene rings is 2. The molecule has 0 saturated carbocycles. The number of anilines is 3. The van der Waals surface area contributed by atoms with Crippen LogP contribution in [0.3, 0.4) is 0 Å². The smallest absolute Gasteiger partial charge is 0.256 e. The van der Waals surface area contributed by atoms with Gasteiger partial charge >= 0.3 is 0 Å². The van der Waals surface area contributed by atoms with Crippen molar-refractivity contribution in [2.75, 3.05) is 17.7 Å². The summed E-state index contributed by atoms with van der Waals surface area (Å²) in [6.45, 7) is 0. The van der Waals surface area contributed by atoms with Crippen molar-refractivity contribution in [2.45, 2.75) is 0 Å². The molecular formula is C19H16ClN3O2. The van der Waals surface area contributed by atoms with E-state index in [0.29, 0.717) is 22.2 Å². The standard InChI is InChI=1S/C19H16ClN3O2/c1-25-17-7-2-4-13(10-17)19(24)23-18-9-8-16(12-21-18)22-15-6-3-5-14(20)11-15/h2-12,22H,1H3,(H,21,23,24). The summed E-state index contributed by atoms with van der Waals surface area (Å²) >= 11 is 5.96. The molecule has 0 aliphatic carbocycles. The number of pyridine rings is 1. The van der Waals surface area contributed by atoms with Gasteiger partial charge in [-0.05, 0) is 48.5 Å². The zero-order chi connectivity index (χ0) is 17.6. The fourth-order valence-electron chi connectivity index (χ4n) is 2.23. The first-order valence-corrected chi connectivity index (χ1v) is 7.96. The second-order valence-electron chi connectivity index (χ2n) is 5.25. The van der Waals surface area contributed by atoms with E-state index in [1.165, 1.54) is 0 Å². The SMILES string of the molecule is COc1cccc(C(=O)Nc2ccc(Nc3cccc(Cl)c3)cn2)c1. The van der Waals surface area contributed by atoms with E-state index < -0.39 is 0 Å². The summed E-state index contributed by atoms with van der Waals surface area (Å²) in [6, 6.07) is 17.9. The second-order valence-corrected chi connectivity index (χ2v) is 5.69. The fourth-order valence-corrected chi connectivity index (χ4v) is 2.42. The van der Waals surface area contributed by atoms with Gasteiger partial charge in [-0.3, -0.25) is 4.79 Å². The number of hydrogen-bond donors (Lipinski definition) is 2. The van der Waals surface area contributed by atoms with Crippen molar-refractivity contribution in [1.82, 2.24) is 4.98 Å². The van der Waals surface area contributed by atoms with E-state index in [1.54, 1.807) is 43.6 Å². The number of amides is 1. The molecule has 5 nitrogen and oxygen atoms in total. The van der Waals surface area contributed by atoms with Crippen molar-refractivity contribution >= 4 is 34.7 Å². The highest BCUT2D eigenvalue weighted by atomic mass is 35.5. The Morgan fingerprint density at radius 2 is 1.88 bits per heavy atom. The third kappa shape index (κ3) is 4.49. The fraction of sp³-hybridized carbons (Fsp3) is 0.0526. The van der Waals surface area contributed by atoms with Gasteiger partial charge in [-0.2, -0.15) is 0 Å². The van der Waals surface area contributed by atoms with Crippen molar-refractivity contribution in [3.05, 3.63) is 77.4 Å². The van der Waals surface area contributed by atoms with Crippen LogP contribution >= 0.6 is 11.6 Å². The molecule has 25 heavy (non-hydrogen) atoms. The van der Waals surface area contributed by atoms with E-state index in [9.17, 15) is 4.79 Å². The third-order valence-corrected chi connectivity index (χ3v) is 3.69. The van der Waals surface area contributed by atoms with Crippen LogP contribution in [0.1, 0.15) is 10.4 Å². The summed E-state index contributed by atoms with van der Waals surface area (Å²) in [7, 11) is 1.56. The minimum Gasteiger partial charge on any atom is -0.497 e. The van der Waals surface area contributed by atoms with E-state index in [-0.39, 0.29) is 5.91 Å².